The Hall–Kier alpha value is -0.610. The molecule has 0 aliphatic heterocycles. The first-order chi connectivity index (χ1) is 7.39. The van der Waals surface area contributed by atoms with Crippen LogP contribution in [0.5, 0.6) is 0 Å². The average Bonchev–Trinajstić information content (AvgIpc) is 2.21. The Morgan fingerprint density at radius 1 is 1.25 bits per heavy atom. The second-order valence-electron chi connectivity index (χ2n) is 5.18. The maximum atomic E-state index is 10.5. The number of rotatable bonds is 9. The van der Waals surface area contributed by atoms with Gasteiger partial charge in [0.05, 0.1) is 27.2 Å². The van der Waals surface area contributed by atoms with Gasteiger partial charge in [-0.05, 0) is 25.7 Å². The number of carboxylic acid groups (broad SMARTS) is 1. The van der Waals surface area contributed by atoms with Crippen LogP contribution in [0.1, 0.15) is 39.0 Å². The minimum atomic E-state index is -0.889. The molecule has 0 bridgehead atoms. The van der Waals surface area contributed by atoms with Gasteiger partial charge in [0, 0.05) is 0 Å². The molecule has 0 aromatic carbocycles. The highest BCUT2D eigenvalue weighted by Crippen LogP contribution is 2.07. The van der Waals surface area contributed by atoms with Crippen molar-refractivity contribution < 1.29 is 14.4 Å². The van der Waals surface area contributed by atoms with Gasteiger partial charge in [0.2, 0.25) is 0 Å². The number of unbranched alkanes of at least 4 members (excludes halogenated alkanes) is 2. The second-order valence-corrected chi connectivity index (χ2v) is 5.18. The first-order valence-corrected chi connectivity index (χ1v) is 6.19. The molecule has 0 saturated carbocycles. The van der Waals surface area contributed by atoms with Gasteiger partial charge < -0.3 is 15.3 Å². The zero-order chi connectivity index (χ0) is 12.6. The summed E-state index contributed by atoms with van der Waals surface area (Å²) in [6, 6.07) is -0.689. The molecule has 0 aliphatic rings. The Morgan fingerprint density at radius 2 is 1.81 bits per heavy atom. The van der Waals surface area contributed by atoms with Crippen LogP contribution in [0.2, 0.25) is 0 Å². The molecular formula is C12H27N2O2+. The summed E-state index contributed by atoms with van der Waals surface area (Å²) in [5.41, 5.74) is 5.44. The highest BCUT2D eigenvalue weighted by molar-refractivity contribution is 5.72. The van der Waals surface area contributed by atoms with Crippen molar-refractivity contribution in [1.29, 1.82) is 0 Å². The minimum Gasteiger partial charge on any atom is -0.480 e. The first kappa shape index (κ1) is 15.4. The molecule has 4 heteroatoms. The van der Waals surface area contributed by atoms with Crippen LogP contribution in [-0.2, 0) is 4.79 Å². The molecule has 4 nitrogen and oxygen atoms in total. The van der Waals surface area contributed by atoms with E-state index in [1.54, 1.807) is 0 Å². The molecule has 0 radical (unpaired) electrons. The number of quaternary nitrogens is 1. The van der Waals surface area contributed by atoms with Crippen LogP contribution in [0.3, 0.4) is 0 Å². The Morgan fingerprint density at radius 3 is 2.31 bits per heavy atom. The number of nitrogens with two attached hydrogens (primary N) is 1. The van der Waals surface area contributed by atoms with E-state index in [1.807, 2.05) is 0 Å². The van der Waals surface area contributed by atoms with Crippen LogP contribution in [-0.4, -0.2) is 48.8 Å². The largest absolute Gasteiger partial charge is 0.480 e. The Kier molecular flexibility index (Phi) is 7.34. The Labute approximate surface area is 99.0 Å². The quantitative estimate of drug-likeness (QED) is 0.466. The standard InChI is InChI=1S/C12H26N2O2/c1-4-5-9-14(2,3)10-7-6-8-11(13)12(15)16/h11H,4-10,13H2,1-3H3/p+1/t11-/m0/s1. The third-order valence-electron chi connectivity index (χ3n) is 2.96. The predicted molar refractivity (Wildman–Crippen MR) is 66.2 cm³/mol. The van der Waals surface area contributed by atoms with Crippen molar-refractivity contribution in [3.63, 3.8) is 0 Å². The molecule has 3 N–H and O–H groups in total. The van der Waals surface area contributed by atoms with Crippen molar-refractivity contribution in [3.8, 4) is 0 Å². The van der Waals surface area contributed by atoms with Crippen LogP contribution in [0, 0.1) is 0 Å². The van der Waals surface area contributed by atoms with Gasteiger partial charge in [-0.1, -0.05) is 13.3 Å². The van der Waals surface area contributed by atoms with Gasteiger partial charge in [0.1, 0.15) is 6.04 Å². The lowest BCUT2D eigenvalue weighted by atomic mass is 10.1. The fourth-order valence-electron chi connectivity index (χ4n) is 1.73. The van der Waals surface area contributed by atoms with Crippen molar-refractivity contribution in [2.45, 2.75) is 45.1 Å². The summed E-state index contributed by atoms with van der Waals surface area (Å²) in [7, 11) is 4.46. The average molecular weight is 231 g/mol. The minimum absolute atomic E-state index is 0.586. The summed E-state index contributed by atoms with van der Waals surface area (Å²) in [5, 5.41) is 8.63. The van der Waals surface area contributed by atoms with Crippen LogP contribution in [0.25, 0.3) is 0 Å². The van der Waals surface area contributed by atoms with E-state index in [-0.39, 0.29) is 0 Å². The van der Waals surface area contributed by atoms with Crippen molar-refractivity contribution in [3.05, 3.63) is 0 Å². The lowest BCUT2D eigenvalue weighted by Gasteiger charge is -2.29. The molecule has 0 fully saturated rings. The van der Waals surface area contributed by atoms with Gasteiger partial charge in [0.15, 0.2) is 0 Å². The van der Waals surface area contributed by atoms with Gasteiger partial charge >= 0.3 is 5.97 Å². The zero-order valence-electron chi connectivity index (χ0n) is 10.9. The van der Waals surface area contributed by atoms with Gasteiger partial charge in [-0.3, -0.25) is 4.79 Å². The van der Waals surface area contributed by atoms with E-state index in [0.717, 1.165) is 23.9 Å². The number of hydrogen-bond donors (Lipinski definition) is 2. The Bertz CT molecular complexity index is 205. The zero-order valence-corrected chi connectivity index (χ0v) is 10.9. The fourth-order valence-corrected chi connectivity index (χ4v) is 1.73. The number of nitrogens with zero attached hydrogens (tertiary/aromatic N) is 1. The summed E-state index contributed by atoms with van der Waals surface area (Å²) in [6.45, 7) is 4.50. The van der Waals surface area contributed by atoms with Gasteiger partial charge in [-0.15, -0.1) is 0 Å². The SMILES string of the molecule is CCCC[N+](C)(C)CCCC[C@H](N)C(=O)O. The maximum absolute atomic E-state index is 10.5. The molecule has 0 amide bonds. The number of carboxylic acids is 1. The van der Waals surface area contributed by atoms with Crippen molar-refractivity contribution in [2.24, 2.45) is 5.73 Å². The molecule has 0 aliphatic carbocycles. The number of aliphatic carboxylic acids is 1. The van der Waals surface area contributed by atoms with Crippen molar-refractivity contribution >= 4 is 5.97 Å². The van der Waals surface area contributed by atoms with E-state index < -0.39 is 12.0 Å². The molecular weight excluding hydrogens is 204 g/mol. The molecule has 0 unspecified atom stereocenters. The van der Waals surface area contributed by atoms with E-state index in [4.69, 9.17) is 10.8 Å². The molecule has 0 aromatic rings. The fraction of sp³-hybridized carbons (Fsp3) is 0.917. The Balaban J connectivity index is 3.60. The van der Waals surface area contributed by atoms with Crippen LogP contribution >= 0.6 is 0 Å². The molecule has 0 rings (SSSR count). The molecule has 1 atom stereocenters. The molecule has 0 aromatic heterocycles. The molecule has 0 saturated heterocycles. The molecule has 96 valence electrons. The van der Waals surface area contributed by atoms with E-state index in [9.17, 15) is 4.79 Å². The summed E-state index contributed by atoms with van der Waals surface area (Å²) < 4.78 is 1.02. The van der Waals surface area contributed by atoms with Crippen LogP contribution in [0.4, 0.5) is 0 Å². The topological polar surface area (TPSA) is 63.3 Å². The first-order valence-electron chi connectivity index (χ1n) is 6.19. The highest BCUT2D eigenvalue weighted by atomic mass is 16.4. The van der Waals surface area contributed by atoms with Gasteiger partial charge in [-0.25, -0.2) is 0 Å². The van der Waals surface area contributed by atoms with Crippen LogP contribution < -0.4 is 5.73 Å². The highest BCUT2D eigenvalue weighted by Gasteiger charge is 2.15. The summed E-state index contributed by atoms with van der Waals surface area (Å²) in [5.74, 6) is -0.889. The molecule has 0 spiro atoms. The normalized spacial score (nSPS) is 13.8. The smallest absolute Gasteiger partial charge is 0.320 e. The van der Waals surface area contributed by atoms with E-state index in [1.165, 1.54) is 19.4 Å². The summed E-state index contributed by atoms with van der Waals surface area (Å²) in [6.07, 6.45) is 5.02. The van der Waals surface area contributed by atoms with Crippen LogP contribution in [0.15, 0.2) is 0 Å². The second kappa shape index (κ2) is 7.63. The lowest BCUT2D eigenvalue weighted by molar-refractivity contribution is -0.890. The predicted octanol–water partition coefficient (Wildman–Crippen LogP) is 1.45. The summed E-state index contributed by atoms with van der Waals surface area (Å²) >= 11 is 0. The monoisotopic (exact) mass is 231 g/mol. The molecule has 0 heterocycles. The van der Waals surface area contributed by atoms with E-state index >= 15 is 0 Å². The lowest BCUT2D eigenvalue weighted by Crippen LogP contribution is -2.41. The van der Waals surface area contributed by atoms with E-state index in [0.29, 0.717) is 6.42 Å². The third-order valence-corrected chi connectivity index (χ3v) is 2.96. The third kappa shape index (κ3) is 7.65. The van der Waals surface area contributed by atoms with Crippen molar-refractivity contribution in [1.82, 2.24) is 0 Å². The summed E-state index contributed by atoms with van der Waals surface area (Å²) in [4.78, 5) is 10.5. The van der Waals surface area contributed by atoms with Crippen molar-refractivity contribution in [2.75, 3.05) is 27.2 Å². The molecule has 16 heavy (non-hydrogen) atoms. The maximum Gasteiger partial charge on any atom is 0.320 e. The van der Waals surface area contributed by atoms with Gasteiger partial charge in [-0.2, -0.15) is 0 Å². The number of carbonyl (C=O) groups is 1. The van der Waals surface area contributed by atoms with Gasteiger partial charge in [0.25, 0.3) is 0 Å². The van der Waals surface area contributed by atoms with E-state index in [2.05, 4.69) is 21.0 Å². The number of hydrogen-bond acceptors (Lipinski definition) is 2.